The lowest BCUT2D eigenvalue weighted by atomic mass is 9.98. The van der Waals surface area contributed by atoms with Crippen LogP contribution in [0.2, 0.25) is 0 Å². The highest BCUT2D eigenvalue weighted by Gasteiger charge is 2.44. The number of nitrogens with one attached hydrogen (secondary N) is 1. The van der Waals surface area contributed by atoms with E-state index in [1.54, 1.807) is 6.92 Å². The first-order valence-electron chi connectivity index (χ1n) is 10.7. The number of nitrogens with zero attached hydrogens (tertiary/aromatic N) is 2. The number of hydrogen-bond acceptors (Lipinski definition) is 6. The molecule has 10 heteroatoms. The lowest BCUT2D eigenvalue weighted by molar-refractivity contribution is -0.149. The molecule has 0 bridgehead atoms. The summed E-state index contributed by atoms with van der Waals surface area (Å²) in [7, 11) is 0. The number of amides is 3. The summed E-state index contributed by atoms with van der Waals surface area (Å²) in [5, 5.41) is 21.6. The van der Waals surface area contributed by atoms with E-state index in [1.165, 1.54) is 16.7 Å². The molecule has 0 spiro atoms. The van der Waals surface area contributed by atoms with Crippen LogP contribution in [0.5, 0.6) is 0 Å². The Morgan fingerprint density at radius 2 is 1.63 bits per heavy atom. The SMILES string of the molecule is CCC(C)C(NC(=O)C1CCCN1C(=O)C1CCCN1C(=O)C(N)C(C)O)C(=O)O. The number of carboxylic acid groups (broad SMARTS) is 1. The second-order valence-corrected chi connectivity index (χ2v) is 8.36. The first-order valence-corrected chi connectivity index (χ1v) is 10.7. The third kappa shape index (κ3) is 5.10. The van der Waals surface area contributed by atoms with Crippen LogP contribution < -0.4 is 11.1 Å². The first-order chi connectivity index (χ1) is 14.1. The van der Waals surface area contributed by atoms with Crippen molar-refractivity contribution in [1.29, 1.82) is 0 Å². The van der Waals surface area contributed by atoms with E-state index in [2.05, 4.69) is 5.32 Å². The fraction of sp³-hybridized carbons (Fsp3) is 0.800. The van der Waals surface area contributed by atoms with Crippen molar-refractivity contribution >= 4 is 23.7 Å². The zero-order valence-corrected chi connectivity index (χ0v) is 17.9. The Kier molecular flexibility index (Phi) is 8.19. The average molecular weight is 427 g/mol. The largest absolute Gasteiger partial charge is 0.480 e. The Labute approximate surface area is 176 Å². The molecule has 0 saturated carbocycles. The fourth-order valence-corrected chi connectivity index (χ4v) is 4.11. The van der Waals surface area contributed by atoms with Crippen LogP contribution in [0.15, 0.2) is 0 Å². The Morgan fingerprint density at radius 1 is 1.07 bits per heavy atom. The molecule has 0 aromatic rings. The van der Waals surface area contributed by atoms with Crippen LogP contribution in [0.4, 0.5) is 0 Å². The second-order valence-electron chi connectivity index (χ2n) is 8.36. The predicted octanol–water partition coefficient (Wildman–Crippen LogP) is -0.708. The number of carbonyl (C=O) groups is 4. The zero-order valence-electron chi connectivity index (χ0n) is 17.9. The van der Waals surface area contributed by atoms with E-state index in [4.69, 9.17) is 5.73 Å². The van der Waals surface area contributed by atoms with Gasteiger partial charge in [-0.25, -0.2) is 4.79 Å². The van der Waals surface area contributed by atoms with Gasteiger partial charge in [-0.2, -0.15) is 0 Å². The summed E-state index contributed by atoms with van der Waals surface area (Å²) in [5.74, 6) is -2.64. The maximum Gasteiger partial charge on any atom is 0.326 e. The van der Waals surface area contributed by atoms with Gasteiger partial charge in [-0.3, -0.25) is 14.4 Å². The predicted molar refractivity (Wildman–Crippen MR) is 108 cm³/mol. The van der Waals surface area contributed by atoms with E-state index >= 15 is 0 Å². The third-order valence-corrected chi connectivity index (χ3v) is 6.24. The maximum absolute atomic E-state index is 13.2. The molecule has 170 valence electrons. The van der Waals surface area contributed by atoms with Crippen molar-refractivity contribution in [2.45, 2.75) is 83.1 Å². The highest BCUT2D eigenvalue weighted by Crippen LogP contribution is 2.26. The van der Waals surface area contributed by atoms with Gasteiger partial charge >= 0.3 is 5.97 Å². The fourth-order valence-electron chi connectivity index (χ4n) is 4.11. The molecule has 2 fully saturated rings. The molecule has 30 heavy (non-hydrogen) atoms. The van der Waals surface area contributed by atoms with Crippen LogP contribution in [0.25, 0.3) is 0 Å². The van der Waals surface area contributed by atoms with Crippen molar-refractivity contribution in [3.05, 3.63) is 0 Å². The number of carbonyl (C=O) groups excluding carboxylic acids is 3. The van der Waals surface area contributed by atoms with Crippen LogP contribution in [0.1, 0.15) is 52.9 Å². The molecule has 6 atom stereocenters. The van der Waals surface area contributed by atoms with Crippen LogP contribution in [-0.4, -0.2) is 87.1 Å². The first kappa shape index (κ1) is 24.1. The molecule has 10 nitrogen and oxygen atoms in total. The highest BCUT2D eigenvalue weighted by molar-refractivity contribution is 5.95. The molecule has 3 amide bonds. The lowest BCUT2D eigenvalue weighted by Gasteiger charge is -2.33. The molecule has 6 unspecified atom stereocenters. The lowest BCUT2D eigenvalue weighted by Crippen LogP contribution is -2.57. The molecule has 0 aromatic carbocycles. The van der Waals surface area contributed by atoms with Gasteiger partial charge in [-0.15, -0.1) is 0 Å². The molecular formula is C20H34N4O6. The van der Waals surface area contributed by atoms with Gasteiger partial charge in [0, 0.05) is 13.1 Å². The topological polar surface area (TPSA) is 153 Å². The minimum Gasteiger partial charge on any atom is -0.480 e. The number of rotatable bonds is 8. The Morgan fingerprint density at radius 3 is 2.17 bits per heavy atom. The summed E-state index contributed by atoms with van der Waals surface area (Å²) in [5.41, 5.74) is 5.77. The van der Waals surface area contributed by atoms with Crippen LogP contribution >= 0.6 is 0 Å². The van der Waals surface area contributed by atoms with E-state index in [1.807, 2.05) is 6.92 Å². The van der Waals surface area contributed by atoms with Gasteiger partial charge in [0.1, 0.15) is 24.2 Å². The van der Waals surface area contributed by atoms with Gasteiger partial charge in [0.05, 0.1) is 6.10 Å². The van der Waals surface area contributed by atoms with Crippen LogP contribution in [0.3, 0.4) is 0 Å². The van der Waals surface area contributed by atoms with E-state index in [0.717, 1.165) is 0 Å². The number of carboxylic acids is 1. The van der Waals surface area contributed by atoms with Crippen molar-refractivity contribution in [2.75, 3.05) is 13.1 Å². The number of aliphatic carboxylic acids is 1. The number of aliphatic hydroxyl groups excluding tert-OH is 1. The number of hydrogen-bond donors (Lipinski definition) is 4. The molecule has 2 heterocycles. The van der Waals surface area contributed by atoms with E-state index in [0.29, 0.717) is 45.2 Å². The minimum atomic E-state index is -1.11. The van der Waals surface area contributed by atoms with Crippen molar-refractivity contribution in [1.82, 2.24) is 15.1 Å². The van der Waals surface area contributed by atoms with Gasteiger partial charge < -0.3 is 31.1 Å². The minimum absolute atomic E-state index is 0.248. The number of nitrogens with two attached hydrogens (primary N) is 1. The molecule has 0 aromatic heterocycles. The van der Waals surface area contributed by atoms with Gasteiger partial charge in [0.15, 0.2) is 0 Å². The third-order valence-electron chi connectivity index (χ3n) is 6.24. The normalized spacial score (nSPS) is 25.5. The quantitative estimate of drug-likeness (QED) is 0.400. The molecule has 2 aliphatic rings. The Bertz CT molecular complexity index is 670. The van der Waals surface area contributed by atoms with Gasteiger partial charge in [0.25, 0.3) is 0 Å². The van der Waals surface area contributed by atoms with E-state index in [9.17, 15) is 29.4 Å². The molecule has 0 radical (unpaired) electrons. The molecule has 2 saturated heterocycles. The van der Waals surface area contributed by atoms with Crippen molar-refractivity contribution in [3.63, 3.8) is 0 Å². The molecule has 0 aliphatic carbocycles. The number of likely N-dealkylation sites (tertiary alicyclic amines) is 2. The maximum atomic E-state index is 13.2. The van der Waals surface area contributed by atoms with Crippen LogP contribution in [-0.2, 0) is 19.2 Å². The van der Waals surface area contributed by atoms with Crippen molar-refractivity contribution in [2.24, 2.45) is 11.7 Å². The summed E-state index contributed by atoms with van der Waals surface area (Å²) in [6, 6.07) is -3.61. The van der Waals surface area contributed by atoms with Gasteiger partial charge in [0.2, 0.25) is 17.7 Å². The van der Waals surface area contributed by atoms with Crippen molar-refractivity contribution in [3.8, 4) is 0 Å². The van der Waals surface area contributed by atoms with E-state index in [-0.39, 0.29) is 11.8 Å². The monoisotopic (exact) mass is 426 g/mol. The Balaban J connectivity index is 2.12. The summed E-state index contributed by atoms with van der Waals surface area (Å²) < 4.78 is 0. The molecular weight excluding hydrogens is 392 g/mol. The summed E-state index contributed by atoms with van der Waals surface area (Å²) in [6.07, 6.45) is 1.72. The van der Waals surface area contributed by atoms with Crippen LogP contribution in [0, 0.1) is 5.92 Å². The summed E-state index contributed by atoms with van der Waals surface area (Å²) in [6.45, 7) is 5.77. The van der Waals surface area contributed by atoms with Gasteiger partial charge in [-0.05, 0) is 38.5 Å². The van der Waals surface area contributed by atoms with Gasteiger partial charge in [-0.1, -0.05) is 20.3 Å². The van der Waals surface area contributed by atoms with Crippen molar-refractivity contribution < 1.29 is 29.4 Å². The molecule has 2 aliphatic heterocycles. The highest BCUT2D eigenvalue weighted by atomic mass is 16.4. The standard InChI is InChI=1S/C20H34N4O6/c1-4-11(2)16(20(29)30)22-17(26)13-7-5-9-23(13)18(27)14-8-6-10-24(14)19(28)15(21)12(3)25/h11-16,25H,4-10,21H2,1-3H3,(H,22,26)(H,29,30). The second kappa shape index (κ2) is 10.2. The molecule has 2 rings (SSSR count). The van der Waals surface area contributed by atoms with E-state index < -0.39 is 48.1 Å². The summed E-state index contributed by atoms with van der Waals surface area (Å²) >= 11 is 0. The average Bonchev–Trinajstić information content (AvgIpc) is 3.38. The number of aliphatic hydroxyl groups is 1. The molecule has 5 N–H and O–H groups in total. The zero-order chi connectivity index (χ0) is 22.6. The smallest absolute Gasteiger partial charge is 0.326 e. The Hall–Kier alpha value is -2.20. The summed E-state index contributed by atoms with van der Waals surface area (Å²) in [4.78, 5) is 53.0.